The van der Waals surface area contributed by atoms with Gasteiger partial charge in [-0.25, -0.2) is 9.59 Å². The standard InChI is InChI=1S/C36H40O8/c1-4-5-6-7-8-9-10-31-21-30(28-11-16-32(17-12-28)41-24-43-35(39)26(2)22-37)15-20-34(31)29-13-18-33(19-14-29)42-25-44-36(40)27(3)23-38/h4,11-21,37-38H,1-3,5-10,22-25H2. The van der Waals surface area contributed by atoms with Crippen LogP contribution in [-0.2, 0) is 25.5 Å². The summed E-state index contributed by atoms with van der Waals surface area (Å²) in [5, 5.41) is 17.9. The van der Waals surface area contributed by atoms with Crippen molar-refractivity contribution in [2.45, 2.75) is 38.5 Å². The highest BCUT2D eigenvalue weighted by molar-refractivity contribution is 5.88. The fourth-order valence-corrected chi connectivity index (χ4v) is 4.33. The Bertz CT molecular complexity index is 1410. The van der Waals surface area contributed by atoms with Gasteiger partial charge in [0.25, 0.3) is 0 Å². The van der Waals surface area contributed by atoms with Crippen LogP contribution in [-0.4, -0.2) is 49.0 Å². The molecule has 0 aliphatic heterocycles. The van der Waals surface area contributed by atoms with Crippen LogP contribution in [0.5, 0.6) is 11.5 Å². The monoisotopic (exact) mass is 600 g/mol. The number of aliphatic hydroxyl groups is 2. The van der Waals surface area contributed by atoms with Gasteiger partial charge < -0.3 is 29.2 Å². The van der Waals surface area contributed by atoms with Gasteiger partial charge in [-0.2, -0.15) is 0 Å². The van der Waals surface area contributed by atoms with Crippen molar-refractivity contribution in [3.05, 3.63) is 109 Å². The van der Waals surface area contributed by atoms with Crippen molar-refractivity contribution in [3.8, 4) is 33.8 Å². The van der Waals surface area contributed by atoms with E-state index in [1.807, 2.05) is 54.6 Å². The Morgan fingerprint density at radius 1 is 0.659 bits per heavy atom. The molecule has 2 N–H and O–H groups in total. The number of aliphatic hydroxyl groups excluding tert-OH is 2. The van der Waals surface area contributed by atoms with Gasteiger partial charge in [0.1, 0.15) is 11.5 Å². The molecule has 0 saturated carbocycles. The second-order valence-electron chi connectivity index (χ2n) is 10.1. The first-order valence-corrected chi connectivity index (χ1v) is 14.5. The lowest BCUT2D eigenvalue weighted by Gasteiger charge is -2.14. The number of carbonyl (C=O) groups is 2. The number of hydrogen-bond acceptors (Lipinski definition) is 8. The van der Waals surface area contributed by atoms with E-state index in [9.17, 15) is 9.59 Å². The van der Waals surface area contributed by atoms with Crippen molar-refractivity contribution in [1.29, 1.82) is 0 Å². The largest absolute Gasteiger partial charge is 0.457 e. The van der Waals surface area contributed by atoms with Crippen molar-refractivity contribution < 1.29 is 38.7 Å². The summed E-state index contributed by atoms with van der Waals surface area (Å²) in [6.07, 6.45) is 8.42. The first-order chi connectivity index (χ1) is 21.4. The van der Waals surface area contributed by atoms with Crippen LogP contribution in [0.4, 0.5) is 0 Å². The molecule has 3 aromatic rings. The van der Waals surface area contributed by atoms with Crippen LogP contribution in [0, 0.1) is 0 Å². The number of hydrogen-bond donors (Lipinski definition) is 2. The molecule has 0 atom stereocenters. The summed E-state index contributed by atoms with van der Waals surface area (Å²) < 4.78 is 20.9. The molecule has 0 aliphatic rings. The summed E-state index contributed by atoms with van der Waals surface area (Å²) in [7, 11) is 0. The minimum absolute atomic E-state index is 0.0330. The SMILES string of the molecule is C=CCCCCCCc1cc(-c2ccc(OCOC(=O)C(=C)CO)cc2)ccc1-c1ccc(OCOC(=O)C(=C)CO)cc1. The lowest BCUT2D eigenvalue weighted by atomic mass is 9.92. The number of rotatable bonds is 19. The Hall–Kier alpha value is -4.66. The van der Waals surface area contributed by atoms with Gasteiger partial charge in [-0.1, -0.05) is 74.5 Å². The number of allylic oxidation sites excluding steroid dienone is 1. The lowest BCUT2D eigenvalue weighted by molar-refractivity contribution is -0.146. The highest BCUT2D eigenvalue weighted by Crippen LogP contribution is 2.32. The third-order valence-electron chi connectivity index (χ3n) is 6.85. The quantitative estimate of drug-likeness (QED) is 0.0524. The first-order valence-electron chi connectivity index (χ1n) is 14.5. The summed E-state index contributed by atoms with van der Waals surface area (Å²) in [4.78, 5) is 23.3. The van der Waals surface area contributed by atoms with E-state index in [-0.39, 0.29) is 24.7 Å². The molecule has 0 amide bonds. The first kappa shape index (κ1) is 33.8. The van der Waals surface area contributed by atoms with Crippen LogP contribution in [0.2, 0.25) is 0 Å². The normalized spacial score (nSPS) is 10.5. The molecular weight excluding hydrogens is 560 g/mol. The number of benzene rings is 3. The second kappa shape index (κ2) is 18.1. The van der Waals surface area contributed by atoms with E-state index in [2.05, 4.69) is 37.9 Å². The van der Waals surface area contributed by atoms with Gasteiger partial charge in [-0.3, -0.25) is 0 Å². The Labute approximate surface area is 258 Å². The third-order valence-corrected chi connectivity index (χ3v) is 6.85. The summed E-state index contributed by atoms with van der Waals surface area (Å²) in [6.45, 7) is 9.17. The van der Waals surface area contributed by atoms with Gasteiger partial charge in [0.05, 0.1) is 24.4 Å². The van der Waals surface area contributed by atoms with Crippen molar-refractivity contribution in [2.75, 3.05) is 26.8 Å². The molecule has 232 valence electrons. The van der Waals surface area contributed by atoms with Crippen LogP contribution in [0.15, 0.2) is 104 Å². The predicted molar refractivity (Wildman–Crippen MR) is 170 cm³/mol. The topological polar surface area (TPSA) is 112 Å². The Kier molecular flexibility index (Phi) is 13.9. The lowest BCUT2D eigenvalue weighted by Crippen LogP contribution is -2.13. The van der Waals surface area contributed by atoms with Crippen LogP contribution in [0.25, 0.3) is 22.3 Å². The van der Waals surface area contributed by atoms with Crippen molar-refractivity contribution in [2.24, 2.45) is 0 Å². The summed E-state index contributed by atoms with van der Waals surface area (Å²) in [5.74, 6) is -0.312. The highest BCUT2D eigenvalue weighted by atomic mass is 16.7. The van der Waals surface area contributed by atoms with Crippen molar-refractivity contribution in [3.63, 3.8) is 0 Å². The van der Waals surface area contributed by atoms with Crippen molar-refractivity contribution >= 4 is 11.9 Å². The summed E-state index contributed by atoms with van der Waals surface area (Å²) in [5.41, 5.74) is 5.42. The Morgan fingerprint density at radius 3 is 1.68 bits per heavy atom. The molecule has 8 heteroatoms. The zero-order valence-electron chi connectivity index (χ0n) is 25.0. The van der Waals surface area contributed by atoms with Crippen LogP contribution in [0.3, 0.4) is 0 Å². The molecule has 0 spiro atoms. The fraction of sp³-hybridized carbons (Fsp3) is 0.278. The van der Waals surface area contributed by atoms with E-state index < -0.39 is 25.2 Å². The number of carbonyl (C=O) groups excluding carboxylic acids is 2. The van der Waals surface area contributed by atoms with E-state index in [1.54, 1.807) is 0 Å². The third kappa shape index (κ3) is 10.6. The Morgan fingerprint density at radius 2 is 1.16 bits per heavy atom. The molecule has 0 saturated heterocycles. The molecule has 0 unspecified atom stereocenters. The van der Waals surface area contributed by atoms with E-state index in [4.69, 9.17) is 29.2 Å². The molecular formula is C36H40O8. The van der Waals surface area contributed by atoms with Crippen molar-refractivity contribution in [1.82, 2.24) is 0 Å². The number of ether oxygens (including phenoxy) is 4. The molecule has 0 heterocycles. The zero-order chi connectivity index (χ0) is 31.7. The van der Waals surface area contributed by atoms with Crippen LogP contribution >= 0.6 is 0 Å². The molecule has 0 aliphatic carbocycles. The second-order valence-corrected chi connectivity index (χ2v) is 10.1. The van der Waals surface area contributed by atoms with E-state index in [1.165, 1.54) is 5.56 Å². The average molecular weight is 601 g/mol. The summed E-state index contributed by atoms with van der Waals surface area (Å²) in [6, 6.07) is 21.5. The number of unbranched alkanes of at least 4 members (excludes halogenated alkanes) is 4. The number of esters is 2. The minimum Gasteiger partial charge on any atom is -0.457 e. The molecule has 8 nitrogen and oxygen atoms in total. The van der Waals surface area contributed by atoms with Gasteiger partial charge in [0.15, 0.2) is 0 Å². The minimum atomic E-state index is -0.703. The van der Waals surface area contributed by atoms with Gasteiger partial charge in [-0.15, -0.1) is 6.58 Å². The zero-order valence-corrected chi connectivity index (χ0v) is 25.0. The molecule has 0 fully saturated rings. The highest BCUT2D eigenvalue weighted by Gasteiger charge is 2.11. The van der Waals surface area contributed by atoms with E-state index in [0.717, 1.165) is 60.8 Å². The Balaban J connectivity index is 1.71. The van der Waals surface area contributed by atoms with Crippen LogP contribution in [0.1, 0.15) is 37.7 Å². The maximum atomic E-state index is 11.6. The summed E-state index contributed by atoms with van der Waals surface area (Å²) >= 11 is 0. The predicted octanol–water partition coefficient (Wildman–Crippen LogP) is 6.56. The smallest absolute Gasteiger partial charge is 0.338 e. The molecule has 0 aromatic heterocycles. The van der Waals surface area contributed by atoms with Gasteiger partial charge in [-0.05, 0) is 77.8 Å². The fourth-order valence-electron chi connectivity index (χ4n) is 4.33. The molecule has 3 aromatic carbocycles. The van der Waals surface area contributed by atoms with Gasteiger partial charge in [0, 0.05) is 0 Å². The van der Waals surface area contributed by atoms with E-state index >= 15 is 0 Å². The molecule has 0 radical (unpaired) electrons. The maximum Gasteiger partial charge on any atom is 0.338 e. The average Bonchev–Trinajstić information content (AvgIpc) is 3.06. The van der Waals surface area contributed by atoms with Gasteiger partial charge in [0.2, 0.25) is 13.6 Å². The number of aryl methyl sites for hydroxylation is 1. The molecule has 3 rings (SSSR count). The molecule has 0 bridgehead atoms. The van der Waals surface area contributed by atoms with E-state index in [0.29, 0.717) is 11.5 Å². The van der Waals surface area contributed by atoms with Gasteiger partial charge >= 0.3 is 11.9 Å². The maximum absolute atomic E-state index is 11.6. The molecule has 44 heavy (non-hydrogen) atoms. The van der Waals surface area contributed by atoms with Crippen LogP contribution < -0.4 is 9.47 Å².